The van der Waals surface area contributed by atoms with Crippen LogP contribution in [0.5, 0.6) is 0 Å². The maximum Gasteiger partial charge on any atom is 0.178 e. The number of hydrogen-bond donors (Lipinski definition) is 0. The van der Waals surface area contributed by atoms with Crippen molar-refractivity contribution in [3.05, 3.63) is 52.6 Å². The Morgan fingerprint density at radius 1 is 1.18 bits per heavy atom. The van der Waals surface area contributed by atoms with Crippen LogP contribution < -0.4 is 0 Å². The summed E-state index contributed by atoms with van der Waals surface area (Å²) in [5.74, 6) is 0. The van der Waals surface area contributed by atoms with Gasteiger partial charge in [-0.3, -0.25) is 0 Å². The highest BCUT2D eigenvalue weighted by Crippen LogP contribution is 2.14. The van der Waals surface area contributed by atoms with E-state index in [1.807, 2.05) is 24.3 Å². The summed E-state index contributed by atoms with van der Waals surface area (Å²) in [7, 11) is 0. The molecule has 0 saturated carbocycles. The molecule has 2 heterocycles. The van der Waals surface area contributed by atoms with Crippen molar-refractivity contribution < 1.29 is 0 Å². The minimum atomic E-state index is 0.674. The first-order chi connectivity index (χ1) is 8.33. The standard InChI is InChI=1S/C12H9BrN4/c13-10-4-1-3-9(7-10)8-17-12-11(15-16-17)5-2-6-14-12/h1-7H,8H2. The van der Waals surface area contributed by atoms with E-state index < -0.39 is 0 Å². The lowest BCUT2D eigenvalue weighted by Gasteiger charge is -2.02. The zero-order valence-corrected chi connectivity index (χ0v) is 10.5. The molecule has 0 N–H and O–H groups in total. The number of halogens is 1. The van der Waals surface area contributed by atoms with Crippen LogP contribution in [0.2, 0.25) is 0 Å². The second kappa shape index (κ2) is 4.25. The van der Waals surface area contributed by atoms with Crippen LogP contribution in [0.1, 0.15) is 5.56 Å². The van der Waals surface area contributed by atoms with Crippen LogP contribution in [-0.4, -0.2) is 20.0 Å². The van der Waals surface area contributed by atoms with Crippen LogP contribution in [0.4, 0.5) is 0 Å². The molecule has 4 nitrogen and oxygen atoms in total. The molecule has 1 aromatic carbocycles. The highest BCUT2D eigenvalue weighted by molar-refractivity contribution is 9.10. The number of rotatable bonds is 2. The monoisotopic (exact) mass is 288 g/mol. The van der Waals surface area contributed by atoms with Crippen molar-refractivity contribution in [2.75, 3.05) is 0 Å². The molecule has 0 bridgehead atoms. The van der Waals surface area contributed by atoms with Gasteiger partial charge in [-0.25, -0.2) is 9.67 Å². The molecule has 0 radical (unpaired) electrons. The van der Waals surface area contributed by atoms with Gasteiger partial charge in [-0.2, -0.15) is 0 Å². The Bertz CT molecular complexity index is 662. The van der Waals surface area contributed by atoms with Gasteiger partial charge in [0.2, 0.25) is 0 Å². The fraction of sp³-hybridized carbons (Fsp3) is 0.0833. The van der Waals surface area contributed by atoms with Crippen LogP contribution >= 0.6 is 15.9 Å². The van der Waals surface area contributed by atoms with E-state index in [0.717, 1.165) is 21.2 Å². The van der Waals surface area contributed by atoms with Crippen molar-refractivity contribution >= 4 is 27.1 Å². The molecule has 0 saturated heterocycles. The van der Waals surface area contributed by atoms with Crippen LogP contribution in [0.25, 0.3) is 11.2 Å². The lowest BCUT2D eigenvalue weighted by molar-refractivity contribution is 0.664. The van der Waals surface area contributed by atoms with E-state index in [1.165, 1.54) is 0 Å². The Kier molecular flexibility index (Phi) is 2.60. The van der Waals surface area contributed by atoms with E-state index in [9.17, 15) is 0 Å². The summed E-state index contributed by atoms with van der Waals surface area (Å²) in [5, 5.41) is 8.19. The van der Waals surface area contributed by atoms with Gasteiger partial charge in [0.25, 0.3) is 0 Å². The Labute approximate surface area is 106 Å². The van der Waals surface area contributed by atoms with Gasteiger partial charge in [-0.05, 0) is 29.8 Å². The van der Waals surface area contributed by atoms with Gasteiger partial charge in [-0.15, -0.1) is 5.10 Å². The minimum Gasteiger partial charge on any atom is -0.235 e. The Balaban J connectivity index is 2.00. The number of fused-ring (bicyclic) bond motifs is 1. The molecule has 84 valence electrons. The van der Waals surface area contributed by atoms with Gasteiger partial charge in [0.1, 0.15) is 5.52 Å². The zero-order valence-electron chi connectivity index (χ0n) is 8.92. The Hall–Kier alpha value is -1.75. The molecule has 3 aromatic rings. The highest BCUT2D eigenvalue weighted by Gasteiger charge is 2.05. The molecule has 0 spiro atoms. The second-order valence-corrected chi connectivity index (χ2v) is 4.64. The van der Waals surface area contributed by atoms with Crippen molar-refractivity contribution in [2.24, 2.45) is 0 Å². The fourth-order valence-electron chi connectivity index (χ4n) is 1.72. The van der Waals surface area contributed by atoms with Crippen LogP contribution in [-0.2, 0) is 6.54 Å². The maximum atomic E-state index is 4.29. The van der Waals surface area contributed by atoms with E-state index >= 15 is 0 Å². The summed E-state index contributed by atoms with van der Waals surface area (Å²) in [4.78, 5) is 4.29. The molecule has 0 aliphatic rings. The van der Waals surface area contributed by atoms with Crippen molar-refractivity contribution in [1.82, 2.24) is 20.0 Å². The largest absolute Gasteiger partial charge is 0.235 e. The SMILES string of the molecule is Brc1cccc(Cn2nnc3cccnc32)c1. The predicted molar refractivity (Wildman–Crippen MR) is 68.6 cm³/mol. The first kappa shape index (κ1) is 10.4. The quantitative estimate of drug-likeness (QED) is 0.728. The van der Waals surface area contributed by atoms with Gasteiger partial charge < -0.3 is 0 Å². The maximum absolute atomic E-state index is 4.29. The molecule has 3 rings (SSSR count). The van der Waals surface area contributed by atoms with Crippen molar-refractivity contribution in [3.8, 4) is 0 Å². The van der Waals surface area contributed by atoms with E-state index in [1.54, 1.807) is 10.9 Å². The van der Waals surface area contributed by atoms with E-state index in [-0.39, 0.29) is 0 Å². The third-order valence-corrected chi connectivity index (χ3v) is 2.99. The molecular weight excluding hydrogens is 280 g/mol. The number of nitrogens with zero attached hydrogens (tertiary/aromatic N) is 4. The fourth-order valence-corrected chi connectivity index (χ4v) is 2.17. The second-order valence-electron chi connectivity index (χ2n) is 3.72. The molecule has 0 atom stereocenters. The summed E-state index contributed by atoms with van der Waals surface area (Å²) in [5.41, 5.74) is 2.80. The average Bonchev–Trinajstić information content (AvgIpc) is 2.73. The molecule has 0 aliphatic carbocycles. The topological polar surface area (TPSA) is 43.6 Å². The summed E-state index contributed by atoms with van der Waals surface area (Å²) < 4.78 is 2.87. The summed E-state index contributed by atoms with van der Waals surface area (Å²) in [6, 6.07) is 11.9. The molecule has 0 aliphatic heterocycles. The van der Waals surface area contributed by atoms with Crippen molar-refractivity contribution in [2.45, 2.75) is 6.54 Å². The minimum absolute atomic E-state index is 0.674. The van der Waals surface area contributed by atoms with Crippen molar-refractivity contribution in [1.29, 1.82) is 0 Å². The summed E-state index contributed by atoms with van der Waals surface area (Å²) >= 11 is 3.46. The number of pyridine rings is 1. The van der Waals surface area contributed by atoms with Crippen LogP contribution in [0, 0.1) is 0 Å². The number of benzene rings is 1. The van der Waals surface area contributed by atoms with Gasteiger partial charge in [-0.1, -0.05) is 33.3 Å². The summed E-state index contributed by atoms with van der Waals surface area (Å²) in [6.07, 6.45) is 1.75. The average molecular weight is 289 g/mol. The zero-order chi connectivity index (χ0) is 11.7. The first-order valence-corrected chi connectivity index (χ1v) is 6.01. The molecule has 17 heavy (non-hydrogen) atoms. The third kappa shape index (κ3) is 2.06. The van der Waals surface area contributed by atoms with Crippen molar-refractivity contribution in [3.63, 3.8) is 0 Å². The first-order valence-electron chi connectivity index (χ1n) is 5.21. The Morgan fingerprint density at radius 3 is 3.00 bits per heavy atom. The van der Waals surface area contributed by atoms with E-state index in [0.29, 0.717) is 6.54 Å². The van der Waals surface area contributed by atoms with Gasteiger partial charge in [0, 0.05) is 10.7 Å². The molecule has 2 aromatic heterocycles. The third-order valence-electron chi connectivity index (χ3n) is 2.49. The van der Waals surface area contributed by atoms with Gasteiger partial charge in [0.05, 0.1) is 6.54 Å². The van der Waals surface area contributed by atoms with E-state index in [4.69, 9.17) is 0 Å². The van der Waals surface area contributed by atoms with E-state index in [2.05, 4.69) is 43.4 Å². The normalized spacial score (nSPS) is 10.9. The Morgan fingerprint density at radius 2 is 2.12 bits per heavy atom. The molecule has 0 fully saturated rings. The van der Waals surface area contributed by atoms with Crippen LogP contribution in [0.15, 0.2) is 47.1 Å². The summed E-state index contributed by atoms with van der Waals surface area (Å²) in [6.45, 7) is 0.674. The smallest absolute Gasteiger partial charge is 0.178 e. The number of hydrogen-bond acceptors (Lipinski definition) is 3. The molecular formula is C12H9BrN4. The molecule has 5 heteroatoms. The predicted octanol–water partition coefficient (Wildman–Crippen LogP) is 2.64. The highest BCUT2D eigenvalue weighted by atomic mass is 79.9. The lowest BCUT2D eigenvalue weighted by atomic mass is 10.2. The lowest BCUT2D eigenvalue weighted by Crippen LogP contribution is -2.02. The van der Waals surface area contributed by atoms with Gasteiger partial charge in [0.15, 0.2) is 5.65 Å². The molecule has 0 amide bonds. The number of aromatic nitrogens is 4. The molecule has 0 unspecified atom stereocenters. The van der Waals surface area contributed by atoms with Crippen LogP contribution in [0.3, 0.4) is 0 Å². The van der Waals surface area contributed by atoms with Gasteiger partial charge >= 0.3 is 0 Å².